The summed E-state index contributed by atoms with van der Waals surface area (Å²) >= 11 is 5.90. The number of alkyl carbamates (subject to hydrolysis) is 1. The topological polar surface area (TPSA) is 77.2 Å². The molecule has 0 aliphatic heterocycles. The lowest BCUT2D eigenvalue weighted by atomic mass is 10.1. The van der Waals surface area contributed by atoms with Crippen molar-refractivity contribution in [3.63, 3.8) is 0 Å². The predicted octanol–water partition coefficient (Wildman–Crippen LogP) is 3.84. The fourth-order valence-corrected chi connectivity index (χ4v) is 2.10. The van der Waals surface area contributed by atoms with Crippen LogP contribution in [-0.2, 0) is 11.2 Å². The number of aryl methyl sites for hydroxylation is 1. The highest BCUT2D eigenvalue weighted by Crippen LogP contribution is 2.19. The second-order valence-corrected chi connectivity index (χ2v) is 6.64. The van der Waals surface area contributed by atoms with Gasteiger partial charge >= 0.3 is 6.09 Å². The van der Waals surface area contributed by atoms with Gasteiger partial charge in [0, 0.05) is 18.4 Å². The average molecular weight is 338 g/mol. The summed E-state index contributed by atoms with van der Waals surface area (Å²) in [5, 5.41) is 7.34. The number of hydrogen-bond donors (Lipinski definition) is 1. The van der Waals surface area contributed by atoms with Crippen molar-refractivity contribution < 1.29 is 14.1 Å². The first kappa shape index (κ1) is 17.3. The Hall–Kier alpha value is -2.08. The molecule has 23 heavy (non-hydrogen) atoms. The van der Waals surface area contributed by atoms with Crippen LogP contribution >= 0.6 is 11.6 Å². The minimum atomic E-state index is -0.581. The van der Waals surface area contributed by atoms with Crippen LogP contribution in [-0.4, -0.2) is 21.8 Å². The van der Waals surface area contributed by atoms with Gasteiger partial charge in [0.2, 0.25) is 5.89 Å². The molecule has 1 atom stereocenters. The maximum Gasteiger partial charge on any atom is 0.408 e. The normalized spacial score (nSPS) is 12.7. The quantitative estimate of drug-likeness (QED) is 0.917. The second kappa shape index (κ2) is 7.00. The summed E-state index contributed by atoms with van der Waals surface area (Å²) in [7, 11) is 0. The average Bonchev–Trinajstić information content (AvgIpc) is 2.85. The van der Waals surface area contributed by atoms with Crippen LogP contribution in [0.4, 0.5) is 4.79 Å². The smallest absolute Gasteiger partial charge is 0.408 e. The van der Waals surface area contributed by atoms with Crippen molar-refractivity contribution in [2.24, 2.45) is 0 Å². The number of carbonyl (C=O) groups excluding carboxylic acids is 1. The summed E-state index contributed by atoms with van der Waals surface area (Å²) in [6.07, 6.45) is -0.0334. The molecule has 0 fully saturated rings. The first-order valence-corrected chi connectivity index (χ1v) is 7.65. The molecule has 1 aromatic carbocycles. The first-order chi connectivity index (χ1) is 10.7. The first-order valence-electron chi connectivity index (χ1n) is 7.27. The molecule has 2 aromatic rings. The van der Waals surface area contributed by atoms with E-state index in [4.69, 9.17) is 20.9 Å². The van der Waals surface area contributed by atoms with Crippen molar-refractivity contribution in [2.45, 2.75) is 45.8 Å². The largest absolute Gasteiger partial charge is 0.444 e. The number of carbonyl (C=O) groups is 1. The SMILES string of the molecule is Cc1nc([C@H](Cc2ccc(Cl)cc2)NC(=O)OC(C)(C)C)no1. The van der Waals surface area contributed by atoms with E-state index in [9.17, 15) is 4.79 Å². The summed E-state index contributed by atoms with van der Waals surface area (Å²) < 4.78 is 10.3. The minimum absolute atomic E-state index is 0.406. The van der Waals surface area contributed by atoms with E-state index in [1.165, 1.54) is 0 Å². The molecule has 7 heteroatoms. The Morgan fingerprint density at radius 1 is 1.35 bits per heavy atom. The summed E-state index contributed by atoms with van der Waals surface area (Å²) in [5.74, 6) is 0.843. The monoisotopic (exact) mass is 337 g/mol. The maximum absolute atomic E-state index is 12.1. The molecule has 0 unspecified atom stereocenters. The fourth-order valence-electron chi connectivity index (χ4n) is 1.97. The van der Waals surface area contributed by atoms with E-state index in [1.54, 1.807) is 39.8 Å². The molecule has 0 saturated carbocycles. The molecular weight excluding hydrogens is 318 g/mol. The van der Waals surface area contributed by atoms with E-state index in [0.29, 0.717) is 23.2 Å². The zero-order valence-corrected chi connectivity index (χ0v) is 14.3. The Morgan fingerprint density at radius 3 is 2.52 bits per heavy atom. The molecule has 1 heterocycles. The standard InChI is InChI=1S/C16H20ClN3O3/c1-10-18-14(20-23-10)13(19-15(21)22-16(2,3)4)9-11-5-7-12(17)8-6-11/h5-8,13H,9H2,1-4H3,(H,19,21)/t13-/m0/s1. The van der Waals surface area contributed by atoms with E-state index in [0.717, 1.165) is 5.56 Å². The Kier molecular flexibility index (Phi) is 5.26. The molecule has 2 rings (SSSR count). The van der Waals surface area contributed by atoms with Gasteiger partial charge in [0.05, 0.1) is 6.04 Å². The lowest BCUT2D eigenvalue weighted by Crippen LogP contribution is -2.36. The number of ether oxygens (including phenoxy) is 1. The van der Waals surface area contributed by atoms with Gasteiger partial charge in [-0.1, -0.05) is 28.9 Å². The molecule has 124 valence electrons. The number of nitrogens with zero attached hydrogens (tertiary/aromatic N) is 2. The number of aromatic nitrogens is 2. The molecule has 0 radical (unpaired) electrons. The third-order valence-electron chi connectivity index (χ3n) is 2.90. The van der Waals surface area contributed by atoms with Gasteiger partial charge in [0.15, 0.2) is 5.82 Å². The summed E-state index contributed by atoms with van der Waals surface area (Å²) in [6.45, 7) is 7.11. The highest BCUT2D eigenvalue weighted by atomic mass is 35.5. The van der Waals surface area contributed by atoms with E-state index < -0.39 is 17.7 Å². The third kappa shape index (κ3) is 5.56. The minimum Gasteiger partial charge on any atom is -0.444 e. The molecule has 0 bridgehead atoms. The van der Waals surface area contributed by atoms with Crippen molar-refractivity contribution in [2.75, 3.05) is 0 Å². The van der Waals surface area contributed by atoms with Crippen LogP contribution < -0.4 is 5.32 Å². The van der Waals surface area contributed by atoms with Crippen molar-refractivity contribution in [3.05, 3.63) is 46.6 Å². The summed E-state index contributed by atoms with van der Waals surface area (Å²) in [6, 6.07) is 6.91. The molecule has 1 aromatic heterocycles. The molecule has 0 aliphatic carbocycles. The molecule has 1 N–H and O–H groups in total. The van der Waals surface area contributed by atoms with E-state index in [1.807, 2.05) is 12.1 Å². The molecule has 0 aliphatic rings. The Labute approximate surface area is 140 Å². The van der Waals surface area contributed by atoms with Crippen LogP contribution in [0.1, 0.15) is 44.1 Å². The van der Waals surface area contributed by atoms with Crippen molar-refractivity contribution in [1.82, 2.24) is 15.5 Å². The lowest BCUT2D eigenvalue weighted by molar-refractivity contribution is 0.0500. The molecule has 0 spiro atoms. The zero-order chi connectivity index (χ0) is 17.0. The Morgan fingerprint density at radius 2 is 2.00 bits per heavy atom. The Balaban J connectivity index is 2.15. The van der Waals surface area contributed by atoms with Crippen LogP contribution in [0.5, 0.6) is 0 Å². The number of amides is 1. The van der Waals surface area contributed by atoms with Gasteiger partial charge in [-0.2, -0.15) is 4.98 Å². The molecular formula is C16H20ClN3O3. The van der Waals surface area contributed by atoms with Gasteiger partial charge in [0.25, 0.3) is 0 Å². The van der Waals surface area contributed by atoms with Gasteiger partial charge in [-0.15, -0.1) is 0 Å². The van der Waals surface area contributed by atoms with Gasteiger partial charge < -0.3 is 14.6 Å². The highest BCUT2D eigenvalue weighted by Gasteiger charge is 2.24. The van der Waals surface area contributed by atoms with Crippen LogP contribution in [0.2, 0.25) is 5.02 Å². The number of nitrogens with one attached hydrogen (secondary N) is 1. The number of rotatable bonds is 4. The van der Waals surface area contributed by atoms with Crippen molar-refractivity contribution in [1.29, 1.82) is 0 Å². The van der Waals surface area contributed by atoms with Crippen LogP contribution in [0.25, 0.3) is 0 Å². The molecule has 0 saturated heterocycles. The predicted molar refractivity (Wildman–Crippen MR) is 86.3 cm³/mol. The molecule has 6 nitrogen and oxygen atoms in total. The third-order valence-corrected chi connectivity index (χ3v) is 3.15. The van der Waals surface area contributed by atoms with Crippen molar-refractivity contribution >= 4 is 17.7 Å². The van der Waals surface area contributed by atoms with E-state index >= 15 is 0 Å². The van der Waals surface area contributed by atoms with Gasteiger partial charge in [-0.3, -0.25) is 0 Å². The van der Waals surface area contributed by atoms with Gasteiger partial charge in [0.1, 0.15) is 5.60 Å². The number of benzene rings is 1. The zero-order valence-electron chi connectivity index (χ0n) is 13.6. The van der Waals surface area contributed by atoms with E-state index in [2.05, 4.69) is 15.5 Å². The number of hydrogen-bond acceptors (Lipinski definition) is 5. The van der Waals surface area contributed by atoms with Gasteiger partial charge in [-0.05, 0) is 38.5 Å². The molecule has 1 amide bonds. The highest BCUT2D eigenvalue weighted by molar-refractivity contribution is 6.30. The summed E-state index contributed by atoms with van der Waals surface area (Å²) in [5.41, 5.74) is 0.403. The second-order valence-electron chi connectivity index (χ2n) is 6.20. The van der Waals surface area contributed by atoms with Crippen LogP contribution in [0.3, 0.4) is 0 Å². The lowest BCUT2D eigenvalue weighted by Gasteiger charge is -2.22. The van der Waals surface area contributed by atoms with Crippen LogP contribution in [0, 0.1) is 6.92 Å². The van der Waals surface area contributed by atoms with E-state index in [-0.39, 0.29) is 0 Å². The Bertz CT molecular complexity index is 662. The summed E-state index contributed by atoms with van der Waals surface area (Å²) in [4.78, 5) is 16.3. The number of halogens is 1. The fraction of sp³-hybridized carbons (Fsp3) is 0.438. The van der Waals surface area contributed by atoms with Crippen LogP contribution in [0.15, 0.2) is 28.8 Å². The van der Waals surface area contributed by atoms with Crippen molar-refractivity contribution in [3.8, 4) is 0 Å². The van der Waals surface area contributed by atoms with Gasteiger partial charge in [-0.25, -0.2) is 4.79 Å². The maximum atomic E-state index is 12.1.